The minimum absolute atomic E-state index is 0.0665. The van der Waals surface area contributed by atoms with Gasteiger partial charge >= 0.3 is 0 Å². The molecule has 1 unspecified atom stereocenters. The molecule has 0 spiro atoms. The fourth-order valence-electron chi connectivity index (χ4n) is 3.03. The fourth-order valence-corrected chi connectivity index (χ4v) is 3.03. The van der Waals surface area contributed by atoms with Gasteiger partial charge in [0.1, 0.15) is 0 Å². The maximum absolute atomic E-state index is 13.2. The van der Waals surface area contributed by atoms with Gasteiger partial charge in [0.25, 0.3) is 0 Å². The number of hydrogen-bond acceptors (Lipinski definition) is 3. The predicted octanol–water partition coefficient (Wildman–Crippen LogP) is 2.49. The van der Waals surface area contributed by atoms with Crippen molar-refractivity contribution in [3.63, 3.8) is 0 Å². The Morgan fingerprint density at radius 1 is 1.37 bits per heavy atom. The lowest BCUT2D eigenvalue weighted by Gasteiger charge is -2.40. The van der Waals surface area contributed by atoms with E-state index in [2.05, 4.69) is 4.90 Å². The van der Waals surface area contributed by atoms with Gasteiger partial charge in [0.2, 0.25) is 5.92 Å². The van der Waals surface area contributed by atoms with Crippen molar-refractivity contribution in [3.8, 4) is 0 Å². The van der Waals surface area contributed by atoms with E-state index in [0.29, 0.717) is 19.6 Å². The topological polar surface area (TPSA) is 29.5 Å². The molecule has 1 saturated heterocycles. The second-order valence-electron chi connectivity index (χ2n) is 6.25. The first-order chi connectivity index (χ1) is 8.81. The third-order valence-corrected chi connectivity index (χ3v) is 4.46. The molecule has 2 rings (SSSR count). The summed E-state index contributed by atoms with van der Waals surface area (Å²) in [6, 6.07) is 0. The fraction of sp³-hybridized carbons (Fsp3) is 0.929. The molecule has 110 valence electrons. The highest BCUT2D eigenvalue weighted by atomic mass is 19.3. The number of carbonyl (C=O) groups is 1. The number of halogens is 2. The number of alkyl halides is 2. The molecule has 0 amide bonds. The molecule has 1 aliphatic heterocycles. The van der Waals surface area contributed by atoms with Crippen LogP contribution in [0.15, 0.2) is 0 Å². The summed E-state index contributed by atoms with van der Waals surface area (Å²) in [4.78, 5) is 14.5. The van der Waals surface area contributed by atoms with Crippen LogP contribution in [0.4, 0.5) is 8.78 Å². The lowest BCUT2D eigenvalue weighted by Crippen LogP contribution is -2.54. The van der Waals surface area contributed by atoms with Crippen LogP contribution in [0, 0.1) is 5.92 Å². The van der Waals surface area contributed by atoms with E-state index < -0.39 is 11.5 Å². The van der Waals surface area contributed by atoms with Crippen LogP contribution >= 0.6 is 0 Å². The molecular formula is C14H23F2NO2. The monoisotopic (exact) mass is 275 g/mol. The van der Waals surface area contributed by atoms with E-state index in [1.165, 1.54) is 0 Å². The highest BCUT2D eigenvalue weighted by Crippen LogP contribution is 2.41. The van der Waals surface area contributed by atoms with Crippen LogP contribution in [0.5, 0.6) is 0 Å². The van der Waals surface area contributed by atoms with Crippen molar-refractivity contribution < 1.29 is 18.3 Å². The molecular weight excluding hydrogens is 252 g/mol. The lowest BCUT2D eigenvalue weighted by molar-refractivity contribution is -0.133. The van der Waals surface area contributed by atoms with Crippen molar-refractivity contribution in [1.82, 2.24) is 4.90 Å². The molecule has 0 aromatic rings. The first-order valence-electron chi connectivity index (χ1n) is 7.05. The van der Waals surface area contributed by atoms with Gasteiger partial charge in [-0.05, 0) is 26.2 Å². The molecule has 2 fully saturated rings. The molecule has 5 heteroatoms. The Kier molecular flexibility index (Phi) is 4.26. The van der Waals surface area contributed by atoms with E-state index in [9.17, 15) is 13.6 Å². The number of Topliss-reactive ketones (excluding diaryl/α,β-unsaturated/α-hetero) is 1. The van der Waals surface area contributed by atoms with Gasteiger partial charge in [0.05, 0.1) is 18.8 Å². The van der Waals surface area contributed by atoms with Gasteiger partial charge < -0.3 is 4.74 Å². The Morgan fingerprint density at radius 2 is 2.00 bits per heavy atom. The zero-order valence-electron chi connectivity index (χ0n) is 11.8. The number of carbonyl (C=O) groups excluding carboxylic acids is 1. The summed E-state index contributed by atoms with van der Waals surface area (Å²) in [5, 5.41) is 0. The van der Waals surface area contributed by atoms with Crippen LogP contribution < -0.4 is 0 Å². The lowest BCUT2D eigenvalue weighted by atomic mass is 9.88. The number of ketones is 1. The number of hydrogen-bond donors (Lipinski definition) is 0. The van der Waals surface area contributed by atoms with Crippen LogP contribution in [0.25, 0.3) is 0 Å². The average Bonchev–Trinajstić information content (AvgIpc) is 2.69. The quantitative estimate of drug-likeness (QED) is 0.789. The Hall–Kier alpha value is -0.550. The molecule has 1 atom stereocenters. The van der Waals surface area contributed by atoms with E-state index in [1.807, 2.05) is 13.8 Å². The van der Waals surface area contributed by atoms with Crippen LogP contribution in [0.3, 0.4) is 0 Å². The van der Waals surface area contributed by atoms with E-state index in [1.54, 1.807) is 0 Å². The summed E-state index contributed by atoms with van der Waals surface area (Å²) in [7, 11) is 0. The standard InChI is InChI=1S/C14H23F2NO2/c1-13(2,17-5-7-19-8-6-17)12(18)9-11-3-4-14(15,16)10-11/h11H,3-10H2,1-2H3. The molecule has 0 radical (unpaired) electrons. The number of rotatable bonds is 4. The normalized spacial score (nSPS) is 28.5. The van der Waals surface area contributed by atoms with E-state index in [4.69, 9.17) is 4.74 Å². The molecule has 19 heavy (non-hydrogen) atoms. The summed E-state index contributed by atoms with van der Waals surface area (Å²) in [6.45, 7) is 6.54. The first kappa shape index (κ1) is 14.9. The largest absolute Gasteiger partial charge is 0.379 e. The van der Waals surface area contributed by atoms with Gasteiger partial charge in [0.15, 0.2) is 5.78 Å². The van der Waals surface area contributed by atoms with Gasteiger partial charge in [-0.2, -0.15) is 0 Å². The molecule has 3 nitrogen and oxygen atoms in total. The zero-order valence-corrected chi connectivity index (χ0v) is 11.8. The molecule has 1 aliphatic carbocycles. The number of nitrogens with zero attached hydrogens (tertiary/aromatic N) is 1. The molecule has 0 aromatic heterocycles. The maximum Gasteiger partial charge on any atom is 0.248 e. The van der Waals surface area contributed by atoms with Crippen LogP contribution in [-0.4, -0.2) is 48.4 Å². The van der Waals surface area contributed by atoms with Crippen molar-refractivity contribution >= 4 is 5.78 Å². The summed E-state index contributed by atoms with van der Waals surface area (Å²) in [6.07, 6.45) is 0.554. The Labute approximate surface area is 113 Å². The minimum atomic E-state index is -2.56. The summed E-state index contributed by atoms with van der Waals surface area (Å²) in [5.74, 6) is -2.63. The van der Waals surface area contributed by atoms with Crippen molar-refractivity contribution in [1.29, 1.82) is 0 Å². The molecule has 1 saturated carbocycles. The predicted molar refractivity (Wildman–Crippen MR) is 68.4 cm³/mol. The van der Waals surface area contributed by atoms with Gasteiger partial charge in [-0.3, -0.25) is 9.69 Å². The minimum Gasteiger partial charge on any atom is -0.379 e. The van der Waals surface area contributed by atoms with Gasteiger partial charge in [-0.15, -0.1) is 0 Å². The first-order valence-corrected chi connectivity index (χ1v) is 7.05. The van der Waals surface area contributed by atoms with Gasteiger partial charge in [-0.25, -0.2) is 8.78 Å². The molecule has 0 aromatic carbocycles. The SMILES string of the molecule is CC(C)(C(=O)CC1CCC(F)(F)C1)N1CCOCC1. The molecule has 0 N–H and O–H groups in total. The average molecular weight is 275 g/mol. The second-order valence-corrected chi connectivity index (χ2v) is 6.25. The van der Waals surface area contributed by atoms with Crippen LogP contribution in [-0.2, 0) is 9.53 Å². The Balaban J connectivity index is 1.91. The van der Waals surface area contributed by atoms with Crippen molar-refractivity contribution in [2.24, 2.45) is 5.92 Å². The number of morpholine rings is 1. The van der Waals surface area contributed by atoms with Crippen LogP contribution in [0.1, 0.15) is 39.5 Å². The summed E-state index contributed by atoms with van der Waals surface area (Å²) < 4.78 is 31.6. The smallest absolute Gasteiger partial charge is 0.248 e. The Bertz CT molecular complexity index is 338. The second kappa shape index (κ2) is 5.44. The van der Waals surface area contributed by atoms with Crippen LogP contribution in [0.2, 0.25) is 0 Å². The van der Waals surface area contributed by atoms with E-state index >= 15 is 0 Å². The molecule has 1 heterocycles. The highest BCUT2D eigenvalue weighted by molar-refractivity contribution is 5.87. The maximum atomic E-state index is 13.2. The molecule has 2 aliphatic rings. The van der Waals surface area contributed by atoms with E-state index in [-0.39, 0.29) is 31.0 Å². The number of ether oxygens (including phenoxy) is 1. The van der Waals surface area contributed by atoms with E-state index in [0.717, 1.165) is 13.1 Å². The third-order valence-electron chi connectivity index (χ3n) is 4.46. The molecule has 0 bridgehead atoms. The summed E-state index contributed by atoms with van der Waals surface area (Å²) >= 11 is 0. The van der Waals surface area contributed by atoms with Crippen molar-refractivity contribution in [2.45, 2.75) is 51.0 Å². The van der Waals surface area contributed by atoms with Crippen molar-refractivity contribution in [2.75, 3.05) is 26.3 Å². The summed E-state index contributed by atoms with van der Waals surface area (Å²) in [5.41, 5.74) is -0.568. The highest BCUT2D eigenvalue weighted by Gasteiger charge is 2.42. The zero-order chi connectivity index (χ0) is 14.1. The third kappa shape index (κ3) is 3.51. The van der Waals surface area contributed by atoms with Gasteiger partial charge in [0, 0.05) is 32.4 Å². The van der Waals surface area contributed by atoms with Crippen molar-refractivity contribution in [3.05, 3.63) is 0 Å². The van der Waals surface area contributed by atoms with Gasteiger partial charge in [-0.1, -0.05) is 0 Å². The Morgan fingerprint density at radius 3 is 2.53 bits per heavy atom.